The Hall–Kier alpha value is -2.24. The van der Waals surface area contributed by atoms with Crippen LogP contribution in [0.15, 0.2) is 30.3 Å². The highest BCUT2D eigenvalue weighted by atomic mass is 16.6. The van der Waals surface area contributed by atoms with E-state index in [-0.39, 0.29) is 18.7 Å². The zero-order valence-electron chi connectivity index (χ0n) is 16.3. The van der Waals surface area contributed by atoms with E-state index in [2.05, 4.69) is 10.6 Å². The van der Waals surface area contributed by atoms with E-state index in [4.69, 9.17) is 9.47 Å². The molecule has 146 valence electrons. The number of hydrogen-bond donors (Lipinski definition) is 2. The fourth-order valence-electron chi connectivity index (χ4n) is 2.33. The fourth-order valence-corrected chi connectivity index (χ4v) is 2.33. The van der Waals surface area contributed by atoms with Gasteiger partial charge in [-0.3, -0.25) is 0 Å². The number of benzene rings is 1. The first-order chi connectivity index (χ1) is 12.3. The molecule has 0 heterocycles. The minimum Gasteiger partial charge on any atom is -0.445 e. The number of unbranched alkanes of at least 4 members (excludes halogenated alkanes) is 1. The van der Waals surface area contributed by atoms with Gasteiger partial charge in [-0.05, 0) is 52.0 Å². The van der Waals surface area contributed by atoms with Crippen molar-refractivity contribution in [2.75, 3.05) is 6.54 Å². The highest BCUT2D eigenvalue weighted by molar-refractivity contribution is 5.68. The Balaban J connectivity index is 2.12. The van der Waals surface area contributed by atoms with Crippen LogP contribution in [-0.2, 0) is 16.1 Å². The lowest BCUT2D eigenvalue weighted by Gasteiger charge is -2.23. The van der Waals surface area contributed by atoms with Gasteiger partial charge in [-0.25, -0.2) is 9.59 Å². The number of hydrogen-bond acceptors (Lipinski definition) is 4. The van der Waals surface area contributed by atoms with Crippen molar-refractivity contribution in [3.63, 3.8) is 0 Å². The van der Waals surface area contributed by atoms with Crippen LogP contribution in [0.4, 0.5) is 9.59 Å². The summed E-state index contributed by atoms with van der Waals surface area (Å²) in [5.74, 6) is 0. The lowest BCUT2D eigenvalue weighted by atomic mass is 10.1. The van der Waals surface area contributed by atoms with E-state index in [0.717, 1.165) is 31.2 Å². The van der Waals surface area contributed by atoms with E-state index < -0.39 is 11.7 Å². The van der Waals surface area contributed by atoms with Crippen LogP contribution in [0.3, 0.4) is 0 Å². The molecule has 6 heteroatoms. The van der Waals surface area contributed by atoms with E-state index >= 15 is 0 Å². The van der Waals surface area contributed by atoms with Crippen molar-refractivity contribution < 1.29 is 19.1 Å². The monoisotopic (exact) mass is 364 g/mol. The molecule has 0 fully saturated rings. The minimum absolute atomic E-state index is 0.0786. The van der Waals surface area contributed by atoms with Crippen LogP contribution < -0.4 is 10.6 Å². The first-order valence-electron chi connectivity index (χ1n) is 9.24. The van der Waals surface area contributed by atoms with Gasteiger partial charge in [0.05, 0.1) is 0 Å². The third-order valence-electron chi connectivity index (χ3n) is 3.68. The molecule has 1 atom stereocenters. The van der Waals surface area contributed by atoms with Gasteiger partial charge in [0.15, 0.2) is 0 Å². The van der Waals surface area contributed by atoms with Gasteiger partial charge in [-0.15, -0.1) is 0 Å². The van der Waals surface area contributed by atoms with E-state index in [1.807, 2.05) is 58.0 Å². The molecular formula is C20H32N2O4. The number of alkyl carbamates (subject to hydrolysis) is 2. The van der Waals surface area contributed by atoms with Crippen molar-refractivity contribution in [1.29, 1.82) is 0 Å². The SMILES string of the molecule is CC[C@@H](CCCCNC(=O)OCc1ccccc1)NC(=O)OC(C)(C)C. The highest BCUT2D eigenvalue weighted by Gasteiger charge is 2.18. The number of carbonyl (C=O) groups is 2. The second-order valence-corrected chi connectivity index (χ2v) is 7.24. The molecule has 0 spiro atoms. The second-order valence-electron chi connectivity index (χ2n) is 7.24. The molecule has 0 unspecified atom stereocenters. The predicted octanol–water partition coefficient (Wildman–Crippen LogP) is 4.39. The van der Waals surface area contributed by atoms with Crippen LogP contribution in [0.5, 0.6) is 0 Å². The van der Waals surface area contributed by atoms with Crippen molar-refractivity contribution in [3.8, 4) is 0 Å². The Morgan fingerprint density at radius 3 is 2.38 bits per heavy atom. The lowest BCUT2D eigenvalue weighted by Crippen LogP contribution is -2.38. The van der Waals surface area contributed by atoms with Gasteiger partial charge in [-0.2, -0.15) is 0 Å². The Labute approximate surface area is 156 Å². The van der Waals surface area contributed by atoms with Gasteiger partial charge in [0.1, 0.15) is 12.2 Å². The molecule has 0 aliphatic heterocycles. The van der Waals surface area contributed by atoms with Gasteiger partial charge >= 0.3 is 12.2 Å². The zero-order chi connectivity index (χ0) is 19.4. The molecule has 2 N–H and O–H groups in total. The van der Waals surface area contributed by atoms with Crippen molar-refractivity contribution in [1.82, 2.24) is 10.6 Å². The van der Waals surface area contributed by atoms with Crippen molar-refractivity contribution >= 4 is 12.2 Å². The third kappa shape index (κ3) is 10.6. The molecule has 0 saturated carbocycles. The van der Waals surface area contributed by atoms with Gasteiger partial charge in [-0.1, -0.05) is 37.3 Å². The lowest BCUT2D eigenvalue weighted by molar-refractivity contribution is 0.0500. The summed E-state index contributed by atoms with van der Waals surface area (Å²) < 4.78 is 10.4. The first-order valence-corrected chi connectivity index (χ1v) is 9.24. The molecule has 2 amide bonds. The van der Waals surface area contributed by atoms with E-state index in [0.29, 0.717) is 6.54 Å². The maximum atomic E-state index is 11.8. The molecule has 0 bridgehead atoms. The Morgan fingerprint density at radius 2 is 1.77 bits per heavy atom. The molecule has 0 aliphatic rings. The van der Waals surface area contributed by atoms with Crippen LogP contribution in [-0.4, -0.2) is 30.4 Å². The quantitative estimate of drug-likeness (QED) is 0.637. The Kier molecular flexibility index (Phi) is 9.55. The maximum Gasteiger partial charge on any atom is 0.407 e. The molecule has 6 nitrogen and oxygen atoms in total. The summed E-state index contributed by atoms with van der Waals surface area (Å²) in [5, 5.41) is 5.63. The molecule has 26 heavy (non-hydrogen) atoms. The summed E-state index contributed by atoms with van der Waals surface area (Å²) in [5.41, 5.74) is 0.466. The molecule has 0 saturated heterocycles. The smallest absolute Gasteiger partial charge is 0.407 e. The van der Waals surface area contributed by atoms with Gasteiger partial charge in [0.25, 0.3) is 0 Å². The van der Waals surface area contributed by atoms with Crippen LogP contribution in [0.25, 0.3) is 0 Å². The molecular weight excluding hydrogens is 332 g/mol. The molecule has 0 aromatic heterocycles. The summed E-state index contributed by atoms with van der Waals surface area (Å²) in [6.45, 7) is 8.38. The number of ether oxygens (including phenoxy) is 2. The van der Waals surface area contributed by atoms with Crippen LogP contribution >= 0.6 is 0 Å². The van der Waals surface area contributed by atoms with Crippen LogP contribution in [0.2, 0.25) is 0 Å². The summed E-state index contributed by atoms with van der Waals surface area (Å²) in [6, 6.07) is 9.64. The van der Waals surface area contributed by atoms with Crippen molar-refractivity contribution in [2.24, 2.45) is 0 Å². The van der Waals surface area contributed by atoms with Crippen molar-refractivity contribution in [2.45, 2.75) is 71.6 Å². The first kappa shape index (κ1) is 21.8. The molecule has 1 aromatic carbocycles. The van der Waals surface area contributed by atoms with E-state index in [1.165, 1.54) is 0 Å². The zero-order valence-corrected chi connectivity index (χ0v) is 16.3. The largest absolute Gasteiger partial charge is 0.445 e. The number of carbonyl (C=O) groups excluding carboxylic acids is 2. The summed E-state index contributed by atoms with van der Waals surface area (Å²) in [6.07, 6.45) is 2.61. The van der Waals surface area contributed by atoms with Crippen molar-refractivity contribution in [3.05, 3.63) is 35.9 Å². The average Bonchev–Trinajstić information content (AvgIpc) is 2.58. The van der Waals surface area contributed by atoms with E-state index in [1.54, 1.807) is 0 Å². The fraction of sp³-hybridized carbons (Fsp3) is 0.600. The number of nitrogens with one attached hydrogen (secondary N) is 2. The van der Waals surface area contributed by atoms with E-state index in [9.17, 15) is 9.59 Å². The highest BCUT2D eigenvalue weighted by Crippen LogP contribution is 2.09. The standard InChI is InChI=1S/C20H32N2O4/c1-5-17(22-19(24)26-20(2,3)4)13-9-10-14-21-18(23)25-15-16-11-7-6-8-12-16/h6-8,11-12,17H,5,9-10,13-15H2,1-4H3,(H,21,23)(H,22,24)/t17-/m0/s1. The van der Waals surface area contributed by atoms with Gasteiger partial charge in [0, 0.05) is 12.6 Å². The molecule has 0 radical (unpaired) electrons. The molecule has 1 rings (SSSR count). The molecule has 0 aliphatic carbocycles. The number of amides is 2. The summed E-state index contributed by atoms with van der Waals surface area (Å²) >= 11 is 0. The van der Waals surface area contributed by atoms with Gasteiger partial charge in [0.2, 0.25) is 0 Å². The summed E-state index contributed by atoms with van der Waals surface area (Å²) in [4.78, 5) is 23.4. The third-order valence-corrected chi connectivity index (χ3v) is 3.68. The normalized spacial score (nSPS) is 12.2. The van der Waals surface area contributed by atoms with Gasteiger partial charge < -0.3 is 20.1 Å². The van der Waals surface area contributed by atoms with Crippen LogP contribution in [0, 0.1) is 0 Å². The Bertz CT molecular complexity index is 540. The minimum atomic E-state index is -0.494. The van der Waals surface area contributed by atoms with Crippen LogP contribution in [0.1, 0.15) is 58.9 Å². The predicted molar refractivity (Wildman–Crippen MR) is 102 cm³/mol. The molecule has 1 aromatic rings. The number of rotatable bonds is 9. The maximum absolute atomic E-state index is 11.8. The topological polar surface area (TPSA) is 76.7 Å². The Morgan fingerprint density at radius 1 is 1.08 bits per heavy atom. The second kappa shape index (κ2) is 11.4. The average molecular weight is 364 g/mol. The summed E-state index contributed by atoms with van der Waals surface area (Å²) in [7, 11) is 0.